The van der Waals surface area contributed by atoms with Gasteiger partial charge in [0.1, 0.15) is 23.3 Å². The van der Waals surface area contributed by atoms with Crippen LogP contribution in [0, 0.1) is 23.0 Å². The molecule has 0 aliphatic rings. The van der Waals surface area contributed by atoms with Gasteiger partial charge in [-0.1, -0.05) is 13.0 Å². The van der Waals surface area contributed by atoms with Gasteiger partial charge >= 0.3 is 0 Å². The van der Waals surface area contributed by atoms with E-state index in [0.717, 1.165) is 12.1 Å². The van der Waals surface area contributed by atoms with Crippen molar-refractivity contribution in [2.75, 3.05) is 0 Å². The minimum atomic E-state index is -1.32. The highest BCUT2D eigenvalue weighted by Gasteiger charge is 2.27. The number of halogens is 2. The van der Waals surface area contributed by atoms with E-state index >= 15 is 0 Å². The number of carbonyl (C=O) groups excluding carboxylic acids is 1. The predicted molar refractivity (Wildman–Crippen MR) is 67.1 cm³/mol. The van der Waals surface area contributed by atoms with Crippen LogP contribution in [0.15, 0.2) is 34.9 Å². The number of carbonyl (C=O) groups is 1. The Morgan fingerprint density at radius 1 is 1.40 bits per heavy atom. The number of benzene rings is 1. The molecule has 2 rings (SSSR count). The molecule has 0 bridgehead atoms. The number of Topliss-reactive ketones (excluding diaryl/α,β-unsaturated/α-hetero) is 1. The molecule has 0 aliphatic carbocycles. The summed E-state index contributed by atoms with van der Waals surface area (Å²) in [4.78, 5) is 12.3. The summed E-state index contributed by atoms with van der Waals surface area (Å²) in [6, 6.07) is 6.00. The van der Waals surface area contributed by atoms with Gasteiger partial charge in [-0.2, -0.15) is 5.26 Å². The third kappa shape index (κ3) is 2.45. The molecular formula is C15H11F2NO2. The van der Waals surface area contributed by atoms with Gasteiger partial charge in [0.25, 0.3) is 0 Å². The number of ketones is 1. The van der Waals surface area contributed by atoms with Crippen LogP contribution in [0.3, 0.4) is 0 Å². The van der Waals surface area contributed by atoms with Crippen molar-refractivity contribution in [1.82, 2.24) is 0 Å². The third-order valence-electron chi connectivity index (χ3n) is 3.00. The molecule has 0 saturated carbocycles. The summed E-state index contributed by atoms with van der Waals surface area (Å²) in [7, 11) is 0. The second kappa shape index (κ2) is 5.66. The van der Waals surface area contributed by atoms with Crippen LogP contribution in [0.2, 0.25) is 0 Å². The number of furan rings is 1. The number of nitriles is 1. The van der Waals surface area contributed by atoms with Gasteiger partial charge in [-0.05, 0) is 12.1 Å². The largest absolute Gasteiger partial charge is 0.469 e. The molecule has 5 heteroatoms. The van der Waals surface area contributed by atoms with Gasteiger partial charge < -0.3 is 4.42 Å². The Hall–Kier alpha value is -2.48. The lowest BCUT2D eigenvalue weighted by molar-refractivity contribution is 0.0975. The van der Waals surface area contributed by atoms with Gasteiger partial charge in [0.2, 0.25) is 0 Å². The third-order valence-corrected chi connectivity index (χ3v) is 3.00. The maximum atomic E-state index is 13.7. The van der Waals surface area contributed by atoms with Crippen molar-refractivity contribution in [2.24, 2.45) is 0 Å². The van der Waals surface area contributed by atoms with E-state index in [4.69, 9.17) is 9.68 Å². The average molecular weight is 275 g/mol. The zero-order chi connectivity index (χ0) is 14.7. The lowest BCUT2D eigenvalue weighted by Gasteiger charge is -2.09. The normalized spacial score (nSPS) is 11.9. The lowest BCUT2D eigenvalue weighted by Crippen LogP contribution is -2.13. The van der Waals surface area contributed by atoms with Crippen LogP contribution in [0.25, 0.3) is 0 Å². The van der Waals surface area contributed by atoms with Crippen molar-refractivity contribution in [1.29, 1.82) is 5.26 Å². The summed E-state index contributed by atoms with van der Waals surface area (Å²) in [5, 5.41) is 9.14. The smallest absolute Gasteiger partial charge is 0.188 e. The number of hydrogen-bond donors (Lipinski definition) is 0. The monoisotopic (exact) mass is 275 g/mol. The van der Waals surface area contributed by atoms with E-state index in [9.17, 15) is 13.6 Å². The SMILES string of the molecule is CCc1occc1C(=O)C(C#N)c1ccc(F)cc1F. The first-order valence-electron chi connectivity index (χ1n) is 6.03. The molecule has 0 fully saturated rings. The van der Waals surface area contributed by atoms with Gasteiger partial charge in [0, 0.05) is 18.1 Å². The lowest BCUT2D eigenvalue weighted by atomic mass is 9.91. The molecule has 0 radical (unpaired) electrons. The van der Waals surface area contributed by atoms with Gasteiger partial charge in [-0.25, -0.2) is 8.78 Å². The van der Waals surface area contributed by atoms with Crippen LogP contribution in [-0.4, -0.2) is 5.78 Å². The zero-order valence-electron chi connectivity index (χ0n) is 10.7. The summed E-state index contributed by atoms with van der Waals surface area (Å²) in [5.41, 5.74) is 0.116. The van der Waals surface area contributed by atoms with E-state index in [-0.39, 0.29) is 11.1 Å². The van der Waals surface area contributed by atoms with Gasteiger partial charge in [0.15, 0.2) is 5.78 Å². The fourth-order valence-corrected chi connectivity index (χ4v) is 1.99. The molecule has 0 saturated heterocycles. The minimum absolute atomic E-state index is 0.137. The predicted octanol–water partition coefficient (Wildman–Crippen LogP) is 3.61. The quantitative estimate of drug-likeness (QED) is 0.801. The highest BCUT2D eigenvalue weighted by atomic mass is 19.1. The van der Waals surface area contributed by atoms with Gasteiger partial charge in [-0.15, -0.1) is 0 Å². The Kier molecular flexibility index (Phi) is 3.94. The maximum Gasteiger partial charge on any atom is 0.188 e. The number of rotatable bonds is 4. The molecular weight excluding hydrogens is 264 g/mol. The molecule has 0 N–H and O–H groups in total. The first kappa shape index (κ1) is 13.9. The molecule has 0 aliphatic heterocycles. The second-order valence-electron chi connectivity index (χ2n) is 4.20. The maximum absolute atomic E-state index is 13.7. The Bertz CT molecular complexity index is 685. The number of hydrogen-bond acceptors (Lipinski definition) is 3. The molecule has 20 heavy (non-hydrogen) atoms. The molecule has 102 valence electrons. The van der Waals surface area contributed by atoms with E-state index in [2.05, 4.69) is 0 Å². The van der Waals surface area contributed by atoms with Crippen molar-refractivity contribution in [3.63, 3.8) is 0 Å². The van der Waals surface area contributed by atoms with Gasteiger partial charge in [-0.3, -0.25) is 4.79 Å². The summed E-state index contributed by atoms with van der Waals surface area (Å²) >= 11 is 0. The summed E-state index contributed by atoms with van der Waals surface area (Å²) in [5.74, 6) is -3.10. The van der Waals surface area contributed by atoms with Crippen molar-refractivity contribution < 1.29 is 18.0 Å². The van der Waals surface area contributed by atoms with E-state index < -0.39 is 23.3 Å². The first-order valence-corrected chi connectivity index (χ1v) is 6.03. The Morgan fingerprint density at radius 2 is 2.15 bits per heavy atom. The topological polar surface area (TPSA) is 54.0 Å². The molecule has 1 aromatic heterocycles. The molecule has 0 spiro atoms. The molecule has 1 atom stereocenters. The van der Waals surface area contributed by atoms with Crippen LogP contribution in [0.1, 0.15) is 34.5 Å². The van der Waals surface area contributed by atoms with E-state index in [1.165, 1.54) is 12.3 Å². The average Bonchev–Trinajstić information content (AvgIpc) is 2.90. The van der Waals surface area contributed by atoms with Gasteiger partial charge in [0.05, 0.1) is 17.9 Å². The van der Waals surface area contributed by atoms with Crippen molar-refractivity contribution in [3.8, 4) is 6.07 Å². The van der Waals surface area contributed by atoms with Crippen LogP contribution >= 0.6 is 0 Å². The molecule has 3 nitrogen and oxygen atoms in total. The second-order valence-corrected chi connectivity index (χ2v) is 4.20. The van der Waals surface area contributed by atoms with E-state index in [1.54, 1.807) is 13.0 Å². The summed E-state index contributed by atoms with van der Waals surface area (Å²) in [6.07, 6.45) is 1.83. The van der Waals surface area contributed by atoms with E-state index in [1.807, 2.05) is 0 Å². The fraction of sp³-hybridized carbons (Fsp3) is 0.200. The molecule has 1 aromatic carbocycles. The molecule has 2 aromatic rings. The summed E-state index contributed by atoms with van der Waals surface area (Å²) in [6.45, 7) is 1.80. The van der Waals surface area contributed by atoms with E-state index in [0.29, 0.717) is 18.2 Å². The molecule has 1 unspecified atom stereocenters. The van der Waals surface area contributed by atoms with Crippen LogP contribution in [0.5, 0.6) is 0 Å². The highest BCUT2D eigenvalue weighted by Crippen LogP contribution is 2.26. The zero-order valence-corrected chi connectivity index (χ0v) is 10.7. The van der Waals surface area contributed by atoms with Crippen LogP contribution in [0.4, 0.5) is 8.78 Å². The number of nitrogens with zero attached hydrogens (tertiary/aromatic N) is 1. The minimum Gasteiger partial charge on any atom is -0.469 e. The van der Waals surface area contributed by atoms with Crippen molar-refractivity contribution in [2.45, 2.75) is 19.3 Å². The Labute approximate surface area is 114 Å². The first-order chi connectivity index (χ1) is 9.58. The van der Waals surface area contributed by atoms with Crippen molar-refractivity contribution in [3.05, 3.63) is 59.1 Å². The van der Waals surface area contributed by atoms with Crippen LogP contribution in [-0.2, 0) is 6.42 Å². The Balaban J connectivity index is 2.43. The Morgan fingerprint density at radius 3 is 2.75 bits per heavy atom. The fourth-order valence-electron chi connectivity index (χ4n) is 1.99. The number of aryl methyl sites for hydroxylation is 1. The summed E-state index contributed by atoms with van der Waals surface area (Å²) < 4.78 is 31.7. The molecule has 1 heterocycles. The van der Waals surface area contributed by atoms with Crippen LogP contribution < -0.4 is 0 Å². The standard InChI is InChI=1S/C15H11F2NO2/c1-2-14-11(5-6-20-14)15(19)12(8-18)10-4-3-9(16)7-13(10)17/h3-7,12H,2H2,1H3. The van der Waals surface area contributed by atoms with Crippen molar-refractivity contribution >= 4 is 5.78 Å². The highest BCUT2D eigenvalue weighted by molar-refractivity contribution is 6.03. The molecule has 0 amide bonds.